The summed E-state index contributed by atoms with van der Waals surface area (Å²) in [5, 5.41) is 9.15. The zero-order valence-corrected chi connectivity index (χ0v) is 10.2. The lowest BCUT2D eigenvalue weighted by Gasteiger charge is -2.16. The molecule has 0 aliphatic carbocycles. The predicted molar refractivity (Wildman–Crippen MR) is 66.8 cm³/mol. The molecule has 5 nitrogen and oxygen atoms in total. The van der Waals surface area contributed by atoms with E-state index < -0.39 is 5.97 Å². The summed E-state index contributed by atoms with van der Waals surface area (Å²) >= 11 is 0. The van der Waals surface area contributed by atoms with Gasteiger partial charge in [0.2, 0.25) is 0 Å². The molecule has 1 N–H and O–H groups in total. The molecule has 0 amide bonds. The van der Waals surface area contributed by atoms with Crippen molar-refractivity contribution in [2.24, 2.45) is 0 Å². The average molecular weight is 245 g/mol. The van der Waals surface area contributed by atoms with Crippen molar-refractivity contribution in [2.75, 3.05) is 13.6 Å². The van der Waals surface area contributed by atoms with Gasteiger partial charge >= 0.3 is 5.97 Å². The van der Waals surface area contributed by atoms with E-state index in [0.717, 1.165) is 18.7 Å². The SMILES string of the molecule is CN1CCCC1c1cn2c(C(=O)O)cccc2n1. The van der Waals surface area contributed by atoms with Crippen LogP contribution in [0.15, 0.2) is 24.4 Å². The van der Waals surface area contributed by atoms with Crippen LogP contribution in [-0.2, 0) is 0 Å². The maximum absolute atomic E-state index is 11.2. The van der Waals surface area contributed by atoms with E-state index in [1.807, 2.05) is 12.3 Å². The van der Waals surface area contributed by atoms with E-state index in [4.69, 9.17) is 5.11 Å². The lowest BCUT2D eigenvalue weighted by Crippen LogP contribution is -2.17. The third-order valence-electron chi connectivity index (χ3n) is 3.59. The minimum atomic E-state index is -0.927. The summed E-state index contributed by atoms with van der Waals surface area (Å²) in [6, 6.07) is 5.48. The first-order valence-corrected chi connectivity index (χ1v) is 6.08. The maximum Gasteiger partial charge on any atom is 0.352 e. The first-order valence-electron chi connectivity index (χ1n) is 6.08. The fraction of sp³-hybridized carbons (Fsp3) is 0.385. The number of nitrogens with zero attached hydrogens (tertiary/aromatic N) is 3. The van der Waals surface area contributed by atoms with Crippen LogP contribution in [-0.4, -0.2) is 39.0 Å². The minimum Gasteiger partial charge on any atom is -0.477 e. The third kappa shape index (κ3) is 1.67. The fourth-order valence-corrected chi connectivity index (χ4v) is 2.65. The van der Waals surface area contributed by atoms with Crippen LogP contribution in [0.4, 0.5) is 0 Å². The molecule has 5 heteroatoms. The number of hydrogen-bond donors (Lipinski definition) is 1. The summed E-state index contributed by atoms with van der Waals surface area (Å²) in [5.41, 5.74) is 1.92. The first-order chi connectivity index (χ1) is 8.66. The van der Waals surface area contributed by atoms with Crippen molar-refractivity contribution in [2.45, 2.75) is 18.9 Å². The second-order valence-electron chi connectivity index (χ2n) is 4.75. The molecule has 94 valence electrons. The number of imidazole rings is 1. The summed E-state index contributed by atoms with van der Waals surface area (Å²) < 4.78 is 1.66. The molecule has 0 spiro atoms. The highest BCUT2D eigenvalue weighted by Crippen LogP contribution is 2.29. The normalized spacial score (nSPS) is 20.6. The van der Waals surface area contributed by atoms with Crippen molar-refractivity contribution in [3.8, 4) is 0 Å². The van der Waals surface area contributed by atoms with E-state index in [-0.39, 0.29) is 5.69 Å². The molecule has 0 radical (unpaired) electrons. The van der Waals surface area contributed by atoms with E-state index >= 15 is 0 Å². The van der Waals surface area contributed by atoms with Crippen molar-refractivity contribution in [3.05, 3.63) is 35.8 Å². The Bertz CT molecular complexity index is 605. The van der Waals surface area contributed by atoms with E-state index in [1.54, 1.807) is 16.5 Å². The molecule has 0 bridgehead atoms. The van der Waals surface area contributed by atoms with Gasteiger partial charge in [-0.25, -0.2) is 9.78 Å². The van der Waals surface area contributed by atoms with Gasteiger partial charge in [-0.2, -0.15) is 0 Å². The highest BCUT2D eigenvalue weighted by atomic mass is 16.4. The lowest BCUT2D eigenvalue weighted by atomic mass is 10.2. The number of aromatic carboxylic acids is 1. The monoisotopic (exact) mass is 245 g/mol. The van der Waals surface area contributed by atoms with Crippen molar-refractivity contribution in [1.29, 1.82) is 0 Å². The van der Waals surface area contributed by atoms with E-state index in [0.29, 0.717) is 11.7 Å². The molecule has 3 heterocycles. The predicted octanol–water partition coefficient (Wildman–Crippen LogP) is 1.80. The molecule has 1 unspecified atom stereocenters. The summed E-state index contributed by atoms with van der Waals surface area (Å²) in [6.07, 6.45) is 4.11. The molecule has 0 aromatic carbocycles. The van der Waals surface area contributed by atoms with Crippen molar-refractivity contribution in [1.82, 2.24) is 14.3 Å². The number of rotatable bonds is 2. The first kappa shape index (κ1) is 11.2. The minimum absolute atomic E-state index is 0.256. The van der Waals surface area contributed by atoms with Crippen LogP contribution in [0.3, 0.4) is 0 Å². The largest absolute Gasteiger partial charge is 0.477 e. The number of aromatic nitrogens is 2. The van der Waals surface area contributed by atoms with Crippen LogP contribution in [0, 0.1) is 0 Å². The smallest absolute Gasteiger partial charge is 0.352 e. The number of pyridine rings is 1. The molecule has 2 aromatic heterocycles. The summed E-state index contributed by atoms with van der Waals surface area (Å²) in [6.45, 7) is 1.07. The second kappa shape index (κ2) is 4.10. The summed E-state index contributed by atoms with van der Waals surface area (Å²) in [7, 11) is 2.08. The number of fused-ring (bicyclic) bond motifs is 1. The van der Waals surface area contributed by atoms with Crippen LogP contribution in [0.1, 0.15) is 35.1 Å². The molecule has 1 saturated heterocycles. The molecule has 1 fully saturated rings. The number of carboxylic acids is 1. The molecule has 1 aliphatic rings. The molecule has 3 rings (SSSR count). The van der Waals surface area contributed by atoms with Gasteiger partial charge < -0.3 is 5.11 Å². The van der Waals surface area contributed by atoms with Gasteiger partial charge in [-0.1, -0.05) is 6.07 Å². The highest BCUT2D eigenvalue weighted by Gasteiger charge is 2.25. The Labute approximate surface area is 105 Å². The second-order valence-corrected chi connectivity index (χ2v) is 4.75. The zero-order valence-electron chi connectivity index (χ0n) is 10.2. The Balaban J connectivity index is 2.11. The standard InChI is InChI=1S/C13H15N3O2/c1-15-7-3-5-10(15)9-8-16-11(13(17)18)4-2-6-12(16)14-9/h2,4,6,8,10H,3,5,7H2,1H3,(H,17,18). The quantitative estimate of drug-likeness (QED) is 0.876. The van der Waals surface area contributed by atoms with Gasteiger partial charge in [0.15, 0.2) is 0 Å². The molecular weight excluding hydrogens is 230 g/mol. The maximum atomic E-state index is 11.2. The number of likely N-dealkylation sites (tertiary alicyclic amines) is 1. The number of hydrogen-bond acceptors (Lipinski definition) is 3. The van der Waals surface area contributed by atoms with Gasteiger partial charge in [-0.15, -0.1) is 0 Å². The Kier molecular flexibility index (Phi) is 2.56. The van der Waals surface area contributed by atoms with Crippen LogP contribution in [0.2, 0.25) is 0 Å². The third-order valence-corrected chi connectivity index (χ3v) is 3.59. The van der Waals surface area contributed by atoms with Crippen molar-refractivity contribution >= 4 is 11.6 Å². The Morgan fingerprint density at radius 3 is 3.00 bits per heavy atom. The molecule has 1 atom stereocenters. The van der Waals surface area contributed by atoms with Crippen molar-refractivity contribution in [3.63, 3.8) is 0 Å². The molecule has 18 heavy (non-hydrogen) atoms. The number of carboxylic acid groups (broad SMARTS) is 1. The lowest BCUT2D eigenvalue weighted by molar-refractivity contribution is 0.0689. The van der Waals surface area contributed by atoms with Crippen LogP contribution < -0.4 is 0 Å². The van der Waals surface area contributed by atoms with Crippen LogP contribution in [0.5, 0.6) is 0 Å². The average Bonchev–Trinajstić information content (AvgIpc) is 2.92. The van der Waals surface area contributed by atoms with Gasteiger partial charge in [0.25, 0.3) is 0 Å². The fourth-order valence-electron chi connectivity index (χ4n) is 2.65. The van der Waals surface area contributed by atoms with Gasteiger partial charge in [-0.3, -0.25) is 9.30 Å². The van der Waals surface area contributed by atoms with E-state index in [1.165, 1.54) is 6.42 Å². The molecule has 0 saturated carbocycles. The number of carbonyl (C=O) groups is 1. The van der Waals surface area contributed by atoms with Gasteiger partial charge in [0.05, 0.1) is 11.7 Å². The Hall–Kier alpha value is -1.88. The van der Waals surface area contributed by atoms with Crippen LogP contribution >= 0.6 is 0 Å². The van der Waals surface area contributed by atoms with Gasteiger partial charge in [0.1, 0.15) is 11.3 Å². The van der Waals surface area contributed by atoms with E-state index in [2.05, 4.69) is 16.9 Å². The Morgan fingerprint density at radius 1 is 1.50 bits per heavy atom. The van der Waals surface area contributed by atoms with E-state index in [9.17, 15) is 4.79 Å². The Morgan fingerprint density at radius 2 is 2.33 bits per heavy atom. The van der Waals surface area contributed by atoms with Gasteiger partial charge in [-0.05, 0) is 38.6 Å². The highest BCUT2D eigenvalue weighted by molar-refractivity contribution is 5.86. The summed E-state index contributed by atoms with van der Waals surface area (Å²) in [4.78, 5) is 18.0. The molecule has 1 aliphatic heterocycles. The molecule has 2 aromatic rings. The molecular formula is C13H15N3O2. The van der Waals surface area contributed by atoms with Crippen molar-refractivity contribution < 1.29 is 9.90 Å². The van der Waals surface area contributed by atoms with Gasteiger partial charge in [0, 0.05) is 6.20 Å². The zero-order chi connectivity index (χ0) is 12.7. The summed E-state index contributed by atoms with van der Waals surface area (Å²) in [5.74, 6) is -0.927. The van der Waals surface area contributed by atoms with Crippen LogP contribution in [0.25, 0.3) is 5.65 Å². The topological polar surface area (TPSA) is 57.8 Å².